The lowest BCUT2D eigenvalue weighted by Crippen LogP contribution is -2.54. The minimum absolute atomic E-state index is 0.104. The number of benzene rings is 2. The molecule has 230 valence electrons. The highest BCUT2D eigenvalue weighted by molar-refractivity contribution is 5.97. The third-order valence-electron chi connectivity index (χ3n) is 7.38. The van der Waals surface area contributed by atoms with E-state index in [0.717, 1.165) is 31.2 Å². The van der Waals surface area contributed by atoms with Crippen molar-refractivity contribution < 1.29 is 28.2 Å². The average Bonchev–Trinajstić information content (AvgIpc) is 2.94. The molecule has 0 spiro atoms. The number of likely N-dealkylation sites (tertiary alicyclic amines) is 1. The van der Waals surface area contributed by atoms with Crippen LogP contribution in [-0.4, -0.2) is 79.2 Å². The van der Waals surface area contributed by atoms with E-state index in [-0.39, 0.29) is 30.0 Å². The van der Waals surface area contributed by atoms with Gasteiger partial charge in [-0.1, -0.05) is 6.07 Å². The number of hydrogen-bond donors (Lipinski definition) is 1. The number of aryl methyl sites for hydroxylation is 1. The van der Waals surface area contributed by atoms with E-state index >= 15 is 4.39 Å². The van der Waals surface area contributed by atoms with E-state index in [1.807, 2.05) is 45.6 Å². The minimum Gasteiger partial charge on any atom is -0.444 e. The number of piperidine rings is 1. The average molecular weight is 584 g/mol. The third-order valence-corrected chi connectivity index (χ3v) is 7.38. The second-order valence-corrected chi connectivity index (χ2v) is 12.1. The van der Waals surface area contributed by atoms with E-state index in [1.165, 1.54) is 19.2 Å². The van der Waals surface area contributed by atoms with Gasteiger partial charge < -0.3 is 24.6 Å². The van der Waals surface area contributed by atoms with Crippen LogP contribution in [-0.2, 0) is 15.9 Å². The number of unbranched alkanes of at least 4 members (excludes halogenated alkanes) is 1. The van der Waals surface area contributed by atoms with Crippen molar-refractivity contribution in [3.8, 4) is 11.1 Å². The van der Waals surface area contributed by atoms with Crippen molar-refractivity contribution >= 4 is 17.9 Å². The zero-order valence-electron chi connectivity index (χ0n) is 26.1. The molecule has 1 saturated heterocycles. The lowest BCUT2D eigenvalue weighted by atomic mass is 9.92. The lowest BCUT2D eigenvalue weighted by Gasteiger charge is -2.41. The number of amides is 3. The molecule has 1 fully saturated rings. The van der Waals surface area contributed by atoms with E-state index < -0.39 is 11.4 Å². The van der Waals surface area contributed by atoms with Crippen LogP contribution in [0.5, 0.6) is 0 Å². The predicted octanol–water partition coefficient (Wildman–Crippen LogP) is 6.07. The van der Waals surface area contributed by atoms with Gasteiger partial charge in [0.1, 0.15) is 11.4 Å². The predicted molar refractivity (Wildman–Crippen MR) is 162 cm³/mol. The molecule has 0 aliphatic carbocycles. The molecule has 42 heavy (non-hydrogen) atoms. The molecule has 0 radical (unpaired) electrons. The Morgan fingerprint density at radius 2 is 1.79 bits per heavy atom. The minimum atomic E-state index is -0.599. The Labute approximate surface area is 249 Å². The van der Waals surface area contributed by atoms with Crippen LogP contribution in [0.1, 0.15) is 86.6 Å². The Kier molecular flexibility index (Phi) is 11.5. The Hall–Kier alpha value is -3.46. The summed E-state index contributed by atoms with van der Waals surface area (Å²) < 4.78 is 25.9. The van der Waals surface area contributed by atoms with Crippen molar-refractivity contribution in [3.63, 3.8) is 0 Å². The van der Waals surface area contributed by atoms with Gasteiger partial charge in [0.15, 0.2) is 0 Å². The smallest absolute Gasteiger partial charge is 0.410 e. The van der Waals surface area contributed by atoms with Crippen molar-refractivity contribution in [2.24, 2.45) is 0 Å². The van der Waals surface area contributed by atoms with Crippen molar-refractivity contribution in [2.75, 3.05) is 33.9 Å². The van der Waals surface area contributed by atoms with Crippen LogP contribution in [0.3, 0.4) is 0 Å². The summed E-state index contributed by atoms with van der Waals surface area (Å²) >= 11 is 0. The Morgan fingerprint density at radius 1 is 1.07 bits per heavy atom. The first kappa shape index (κ1) is 33.0. The fourth-order valence-electron chi connectivity index (χ4n) is 5.42. The Morgan fingerprint density at radius 3 is 2.43 bits per heavy atom. The summed E-state index contributed by atoms with van der Waals surface area (Å²) in [7, 11) is 3.19. The molecule has 3 rings (SSSR count). The summed E-state index contributed by atoms with van der Waals surface area (Å²) in [6.45, 7) is 11.1. The summed E-state index contributed by atoms with van der Waals surface area (Å²) in [5, 5.41) is 2.58. The van der Waals surface area contributed by atoms with Crippen LogP contribution in [0.4, 0.5) is 9.18 Å². The lowest BCUT2D eigenvalue weighted by molar-refractivity contribution is 0.00752. The number of halogens is 1. The summed E-state index contributed by atoms with van der Waals surface area (Å²) in [4.78, 5) is 42.7. The van der Waals surface area contributed by atoms with Gasteiger partial charge >= 0.3 is 6.09 Å². The fraction of sp³-hybridized carbons (Fsp3) is 0.545. The van der Waals surface area contributed by atoms with Crippen LogP contribution in [0.2, 0.25) is 0 Å². The van der Waals surface area contributed by atoms with Gasteiger partial charge in [0.25, 0.3) is 11.8 Å². The first-order chi connectivity index (χ1) is 19.9. The number of carbonyl (C=O) groups excluding carboxylic acids is 3. The van der Waals surface area contributed by atoms with Gasteiger partial charge in [0.05, 0.1) is 6.04 Å². The summed E-state index contributed by atoms with van der Waals surface area (Å²) in [6, 6.07) is 9.39. The van der Waals surface area contributed by atoms with Crippen LogP contribution in [0, 0.1) is 5.82 Å². The molecule has 8 nitrogen and oxygen atoms in total. The first-order valence-corrected chi connectivity index (χ1v) is 14.8. The van der Waals surface area contributed by atoms with Gasteiger partial charge in [-0.05, 0) is 108 Å². The monoisotopic (exact) mass is 583 g/mol. The van der Waals surface area contributed by atoms with E-state index in [4.69, 9.17) is 9.47 Å². The largest absolute Gasteiger partial charge is 0.444 e. The van der Waals surface area contributed by atoms with Crippen LogP contribution in [0.15, 0.2) is 36.4 Å². The van der Waals surface area contributed by atoms with Gasteiger partial charge in [0.2, 0.25) is 0 Å². The number of methoxy groups -OCH3 is 1. The van der Waals surface area contributed by atoms with Gasteiger partial charge in [-0.3, -0.25) is 9.59 Å². The van der Waals surface area contributed by atoms with E-state index in [9.17, 15) is 14.4 Å². The topological polar surface area (TPSA) is 88.2 Å². The highest BCUT2D eigenvalue weighted by atomic mass is 19.1. The first-order valence-electron chi connectivity index (χ1n) is 14.8. The highest BCUT2D eigenvalue weighted by Crippen LogP contribution is 2.31. The molecule has 1 aliphatic rings. The molecule has 0 bridgehead atoms. The molecule has 2 aromatic carbocycles. The second-order valence-electron chi connectivity index (χ2n) is 12.1. The van der Waals surface area contributed by atoms with Crippen molar-refractivity contribution in [1.82, 2.24) is 15.1 Å². The Bertz CT molecular complexity index is 1260. The standard InChI is InChI=1S/C33H46FN3O5/c1-22(2)37(26-12-10-17-36(21-26)32(40)42-33(3,4)5)31(39)25-13-15-27(23(19-25)11-8-9-18-41-7)28-20-24(30(38)35-6)14-16-29(28)34/h13-16,19-20,22,26H,8-12,17-18,21H2,1-7H3,(H,35,38). The molecular weight excluding hydrogens is 537 g/mol. The van der Waals surface area contributed by atoms with Gasteiger partial charge in [-0.25, -0.2) is 9.18 Å². The van der Waals surface area contributed by atoms with Crippen molar-refractivity contribution in [1.29, 1.82) is 0 Å². The van der Waals surface area contributed by atoms with Gasteiger partial charge in [-0.2, -0.15) is 0 Å². The maximum atomic E-state index is 15.1. The van der Waals surface area contributed by atoms with E-state index in [2.05, 4.69) is 5.32 Å². The third kappa shape index (κ3) is 8.53. The molecule has 9 heteroatoms. The molecule has 2 aromatic rings. The van der Waals surface area contributed by atoms with Crippen LogP contribution in [0.25, 0.3) is 11.1 Å². The fourth-order valence-corrected chi connectivity index (χ4v) is 5.42. The van der Waals surface area contributed by atoms with E-state index in [0.29, 0.717) is 48.4 Å². The molecule has 1 atom stereocenters. The molecule has 0 saturated carbocycles. The zero-order valence-corrected chi connectivity index (χ0v) is 26.1. The number of nitrogens with zero attached hydrogens (tertiary/aromatic N) is 2. The molecule has 1 heterocycles. The Balaban J connectivity index is 1.96. The summed E-state index contributed by atoms with van der Waals surface area (Å²) in [5.74, 6) is -0.872. The SMILES string of the molecule is CNC(=O)c1ccc(F)c(-c2ccc(C(=O)N(C(C)C)C3CCCN(C(=O)OC(C)(C)C)C3)cc2CCCCOC)c1. The second kappa shape index (κ2) is 14.6. The molecule has 1 unspecified atom stereocenters. The molecule has 0 aromatic heterocycles. The van der Waals surface area contributed by atoms with Gasteiger partial charge in [-0.15, -0.1) is 0 Å². The normalized spacial score (nSPS) is 15.5. The number of carbonyl (C=O) groups is 3. The molecule has 3 amide bonds. The molecular formula is C33H46FN3O5. The highest BCUT2D eigenvalue weighted by Gasteiger charge is 2.34. The van der Waals surface area contributed by atoms with Gasteiger partial charge in [0, 0.05) is 56.6 Å². The molecule has 1 aliphatic heterocycles. The quantitative estimate of drug-likeness (QED) is 0.343. The number of rotatable bonds is 10. The maximum Gasteiger partial charge on any atom is 0.410 e. The zero-order chi connectivity index (χ0) is 31.0. The van der Waals surface area contributed by atoms with Crippen molar-refractivity contribution in [2.45, 2.75) is 84.4 Å². The summed E-state index contributed by atoms with van der Waals surface area (Å²) in [6.07, 6.45) is 3.40. The molecule has 1 N–H and O–H groups in total. The number of ether oxygens (including phenoxy) is 2. The van der Waals surface area contributed by atoms with Crippen molar-refractivity contribution in [3.05, 3.63) is 58.9 Å². The van der Waals surface area contributed by atoms with E-state index in [1.54, 1.807) is 30.2 Å². The maximum absolute atomic E-state index is 15.1. The van der Waals surface area contributed by atoms with Crippen LogP contribution >= 0.6 is 0 Å². The number of hydrogen-bond acceptors (Lipinski definition) is 5. The summed E-state index contributed by atoms with van der Waals surface area (Å²) in [5.41, 5.74) is 2.06. The van der Waals surface area contributed by atoms with Crippen LogP contribution < -0.4 is 5.32 Å². The number of nitrogens with one attached hydrogen (secondary N) is 1.